The van der Waals surface area contributed by atoms with Gasteiger partial charge < -0.3 is 15.0 Å². The van der Waals surface area contributed by atoms with Gasteiger partial charge in [-0.2, -0.15) is 5.26 Å². The second kappa shape index (κ2) is 9.99. The number of aliphatic hydroxyl groups excluding tert-OH is 1. The summed E-state index contributed by atoms with van der Waals surface area (Å²) in [4.78, 5) is 9.73. The number of fused-ring (bicyclic) bond motifs is 1. The Hall–Kier alpha value is -2.82. The fourth-order valence-corrected chi connectivity index (χ4v) is 5.02. The Morgan fingerprint density at radius 2 is 1.87 bits per heavy atom. The molecule has 7 heteroatoms. The molecule has 0 saturated carbocycles. The monoisotopic (exact) mass is 448 g/mol. The minimum absolute atomic E-state index is 0.00660. The third-order valence-corrected chi connectivity index (χ3v) is 7.13. The van der Waals surface area contributed by atoms with E-state index in [1.165, 1.54) is 17.3 Å². The number of aromatic nitrogens is 2. The van der Waals surface area contributed by atoms with Crippen LogP contribution in [0.1, 0.15) is 24.2 Å². The van der Waals surface area contributed by atoms with Crippen LogP contribution in [0, 0.1) is 17.2 Å². The van der Waals surface area contributed by atoms with Crippen molar-refractivity contribution in [1.82, 2.24) is 14.9 Å². The maximum Gasteiger partial charge on any atom is 0.152 e. The molecule has 0 aliphatic carbocycles. The molecule has 0 atom stereocenters. The summed E-state index contributed by atoms with van der Waals surface area (Å²) in [6, 6.07) is 20.2. The number of allylic oxidation sites excluding steroid dienone is 1. The largest absolute Gasteiger partial charge is 0.510 e. The van der Waals surface area contributed by atoms with Gasteiger partial charge in [0.1, 0.15) is 21.7 Å². The lowest BCUT2D eigenvalue weighted by atomic mass is 9.90. The number of hydrogen-bond donors (Lipinski definition) is 2. The standard InChI is InChI=1S/C24H24N4OS2/c25-15-19(23-26-20-8-4-5-9-21(20)27-23)22(29)16-31-24(30)28-12-10-18(11-13-28)14-17-6-2-1-3-7-17/h1-9,18,29H,10-14,16H2,(H,26,27). The van der Waals surface area contributed by atoms with Crippen LogP contribution < -0.4 is 0 Å². The van der Waals surface area contributed by atoms with Crippen molar-refractivity contribution in [3.63, 3.8) is 0 Å². The van der Waals surface area contributed by atoms with Gasteiger partial charge in [0.2, 0.25) is 0 Å². The number of nitriles is 1. The van der Waals surface area contributed by atoms with Gasteiger partial charge in [0.15, 0.2) is 5.82 Å². The highest BCUT2D eigenvalue weighted by molar-refractivity contribution is 8.23. The lowest BCUT2D eigenvalue weighted by molar-refractivity contribution is 0.271. The molecule has 0 spiro atoms. The Morgan fingerprint density at radius 3 is 2.58 bits per heavy atom. The number of imidazole rings is 1. The van der Waals surface area contributed by atoms with E-state index in [1.54, 1.807) is 0 Å². The Bertz CT molecular complexity index is 1090. The van der Waals surface area contributed by atoms with Crippen LogP contribution >= 0.6 is 24.0 Å². The average molecular weight is 449 g/mol. The zero-order valence-electron chi connectivity index (χ0n) is 17.1. The van der Waals surface area contributed by atoms with Crippen LogP contribution in [0.3, 0.4) is 0 Å². The number of para-hydroxylation sites is 2. The van der Waals surface area contributed by atoms with Gasteiger partial charge in [-0.15, -0.1) is 0 Å². The average Bonchev–Trinajstić information content (AvgIpc) is 3.23. The molecule has 2 aromatic carbocycles. The van der Waals surface area contributed by atoms with E-state index in [4.69, 9.17) is 12.2 Å². The number of piperidine rings is 1. The van der Waals surface area contributed by atoms with Gasteiger partial charge in [-0.1, -0.05) is 66.4 Å². The van der Waals surface area contributed by atoms with Gasteiger partial charge in [0, 0.05) is 13.1 Å². The molecule has 2 N–H and O–H groups in total. The molecule has 1 aliphatic rings. The van der Waals surface area contributed by atoms with Crippen molar-refractivity contribution in [3.8, 4) is 6.07 Å². The number of rotatable bonds is 5. The van der Waals surface area contributed by atoms with E-state index in [2.05, 4.69) is 51.3 Å². The van der Waals surface area contributed by atoms with Crippen molar-refractivity contribution >= 4 is 44.9 Å². The maximum atomic E-state index is 10.5. The second-order valence-corrected chi connectivity index (χ2v) is 9.32. The fourth-order valence-electron chi connectivity index (χ4n) is 3.89. The highest BCUT2D eigenvalue weighted by Gasteiger charge is 2.22. The van der Waals surface area contributed by atoms with Crippen molar-refractivity contribution in [2.24, 2.45) is 5.92 Å². The predicted molar refractivity (Wildman–Crippen MR) is 131 cm³/mol. The second-order valence-electron chi connectivity index (χ2n) is 7.71. The van der Waals surface area contributed by atoms with E-state index in [1.807, 2.05) is 24.3 Å². The Morgan fingerprint density at radius 1 is 1.16 bits per heavy atom. The van der Waals surface area contributed by atoms with Gasteiger partial charge in [0.25, 0.3) is 0 Å². The highest BCUT2D eigenvalue weighted by Crippen LogP contribution is 2.26. The molecule has 158 valence electrons. The molecule has 5 nitrogen and oxygen atoms in total. The maximum absolute atomic E-state index is 10.5. The normalized spacial score (nSPS) is 15.5. The summed E-state index contributed by atoms with van der Waals surface area (Å²) < 4.78 is 0.770. The van der Waals surface area contributed by atoms with E-state index >= 15 is 0 Å². The molecule has 2 heterocycles. The molecule has 0 radical (unpaired) electrons. The van der Waals surface area contributed by atoms with Crippen molar-refractivity contribution in [1.29, 1.82) is 5.26 Å². The van der Waals surface area contributed by atoms with Crippen LogP contribution in [0.15, 0.2) is 60.4 Å². The van der Waals surface area contributed by atoms with Gasteiger partial charge in [-0.25, -0.2) is 4.98 Å². The predicted octanol–water partition coefficient (Wildman–Crippen LogP) is 5.33. The third-order valence-electron chi connectivity index (χ3n) is 5.60. The Balaban J connectivity index is 1.32. The molecule has 1 fully saturated rings. The molecule has 1 aromatic heterocycles. The molecule has 0 amide bonds. The molecule has 0 unspecified atom stereocenters. The molecular formula is C24H24N4OS2. The van der Waals surface area contributed by atoms with Gasteiger partial charge in [0.05, 0.1) is 16.8 Å². The summed E-state index contributed by atoms with van der Waals surface area (Å²) >= 11 is 7.00. The summed E-state index contributed by atoms with van der Waals surface area (Å²) in [7, 11) is 0. The summed E-state index contributed by atoms with van der Waals surface area (Å²) in [5.74, 6) is 1.31. The third kappa shape index (κ3) is 5.27. The minimum atomic E-state index is -0.00660. The number of thiocarbonyl (C=S) groups is 1. The Labute approximate surface area is 191 Å². The Kier molecular flexibility index (Phi) is 6.90. The van der Waals surface area contributed by atoms with Gasteiger partial charge >= 0.3 is 0 Å². The van der Waals surface area contributed by atoms with Crippen LogP contribution in [0.25, 0.3) is 16.6 Å². The number of hydrogen-bond acceptors (Lipinski definition) is 5. The smallest absolute Gasteiger partial charge is 0.152 e. The summed E-state index contributed by atoms with van der Waals surface area (Å²) in [6.45, 7) is 1.87. The highest BCUT2D eigenvalue weighted by atomic mass is 32.2. The fraction of sp³-hybridized carbons (Fsp3) is 0.292. The van der Waals surface area contributed by atoms with Crippen molar-refractivity contribution in [2.45, 2.75) is 19.3 Å². The zero-order valence-corrected chi connectivity index (χ0v) is 18.8. The number of aromatic amines is 1. The van der Waals surface area contributed by atoms with Crippen LogP contribution in [0.2, 0.25) is 0 Å². The lowest BCUT2D eigenvalue weighted by Crippen LogP contribution is -2.36. The molecule has 31 heavy (non-hydrogen) atoms. The molecule has 3 aromatic rings. The van der Waals surface area contributed by atoms with E-state index in [-0.39, 0.29) is 17.1 Å². The first-order chi connectivity index (χ1) is 15.1. The van der Waals surface area contributed by atoms with Crippen LogP contribution in [0.4, 0.5) is 0 Å². The van der Waals surface area contributed by atoms with E-state index in [9.17, 15) is 10.4 Å². The summed E-state index contributed by atoms with van der Waals surface area (Å²) in [6.07, 6.45) is 3.33. The first-order valence-electron chi connectivity index (χ1n) is 10.4. The quantitative estimate of drug-likeness (QED) is 0.312. The number of benzene rings is 2. The van der Waals surface area contributed by atoms with Gasteiger partial charge in [-0.3, -0.25) is 0 Å². The minimum Gasteiger partial charge on any atom is -0.510 e. The number of nitrogens with zero attached hydrogens (tertiary/aromatic N) is 3. The van der Waals surface area contributed by atoms with Gasteiger partial charge in [-0.05, 0) is 42.9 Å². The van der Waals surface area contributed by atoms with E-state index in [0.29, 0.717) is 11.7 Å². The lowest BCUT2D eigenvalue weighted by Gasteiger charge is -2.33. The van der Waals surface area contributed by atoms with Crippen LogP contribution in [-0.2, 0) is 6.42 Å². The number of aliphatic hydroxyl groups is 1. The number of nitrogens with one attached hydrogen (secondary N) is 1. The number of thioether (sulfide) groups is 1. The van der Waals surface area contributed by atoms with Crippen LogP contribution in [-0.4, -0.2) is 43.1 Å². The zero-order chi connectivity index (χ0) is 21.6. The number of H-pyrrole nitrogens is 1. The van der Waals surface area contributed by atoms with E-state index in [0.717, 1.165) is 47.7 Å². The first kappa shape index (κ1) is 21.4. The van der Waals surface area contributed by atoms with Crippen LogP contribution in [0.5, 0.6) is 0 Å². The molecule has 1 aliphatic heterocycles. The SMILES string of the molecule is N#CC(=C(O)CSC(=S)N1CCC(Cc2ccccc2)CC1)c1nc2ccccc2[nH]1. The molecule has 0 bridgehead atoms. The first-order valence-corrected chi connectivity index (χ1v) is 11.8. The van der Waals surface area contributed by atoms with Crippen molar-refractivity contribution < 1.29 is 5.11 Å². The number of likely N-dealkylation sites (tertiary alicyclic amines) is 1. The van der Waals surface area contributed by atoms with Crippen molar-refractivity contribution in [2.75, 3.05) is 18.8 Å². The summed E-state index contributed by atoms with van der Waals surface area (Å²) in [5.41, 5.74) is 3.15. The van der Waals surface area contributed by atoms with E-state index < -0.39 is 0 Å². The molecule has 1 saturated heterocycles. The topological polar surface area (TPSA) is 75.9 Å². The molecular weight excluding hydrogens is 424 g/mol. The molecule has 4 rings (SSSR count). The van der Waals surface area contributed by atoms with Crippen molar-refractivity contribution in [3.05, 3.63) is 71.7 Å². The summed E-state index contributed by atoms with van der Waals surface area (Å²) in [5, 5.41) is 20.1.